The van der Waals surface area contributed by atoms with E-state index in [0.717, 1.165) is 22.3 Å². The molecule has 3 rings (SSSR count). The van der Waals surface area contributed by atoms with Crippen LogP contribution in [0.4, 0.5) is 0 Å². The van der Waals surface area contributed by atoms with Crippen molar-refractivity contribution in [3.05, 3.63) is 58.7 Å². The van der Waals surface area contributed by atoms with Gasteiger partial charge < -0.3 is 4.98 Å². The molecule has 0 saturated carbocycles. The van der Waals surface area contributed by atoms with Gasteiger partial charge in [-0.25, -0.2) is 4.98 Å². The smallest absolute Gasteiger partial charge is 0.130 e. The SMILES string of the molecule is N#Cc1ccc(-c2nc3ccccc3[nH]c2=S)cc1. The van der Waals surface area contributed by atoms with Crippen LogP contribution < -0.4 is 0 Å². The van der Waals surface area contributed by atoms with Crippen molar-refractivity contribution in [3.8, 4) is 17.3 Å². The molecule has 0 amide bonds. The molecule has 0 bridgehead atoms. The van der Waals surface area contributed by atoms with Gasteiger partial charge in [0.05, 0.1) is 22.7 Å². The zero-order valence-electron chi connectivity index (χ0n) is 9.92. The Morgan fingerprint density at radius 3 is 2.53 bits per heavy atom. The highest BCUT2D eigenvalue weighted by Gasteiger charge is 2.04. The molecular weight excluding hydrogens is 254 g/mol. The standard InChI is InChI=1S/C15H9N3S/c16-9-10-5-7-11(8-6-10)14-15(19)18-13-4-2-1-3-12(13)17-14/h1-8H,(H,18,19). The molecule has 4 heteroatoms. The van der Waals surface area contributed by atoms with Crippen molar-refractivity contribution in [3.63, 3.8) is 0 Å². The summed E-state index contributed by atoms with van der Waals surface area (Å²) in [6, 6.07) is 17.1. The average Bonchev–Trinajstić information content (AvgIpc) is 2.47. The summed E-state index contributed by atoms with van der Waals surface area (Å²) in [5, 5.41) is 8.80. The first kappa shape index (κ1) is 11.6. The van der Waals surface area contributed by atoms with Crippen LogP contribution in [0.5, 0.6) is 0 Å². The van der Waals surface area contributed by atoms with E-state index < -0.39 is 0 Å². The summed E-state index contributed by atoms with van der Waals surface area (Å²) in [5.74, 6) is 0. The maximum Gasteiger partial charge on any atom is 0.130 e. The van der Waals surface area contributed by atoms with Crippen LogP contribution in [0.2, 0.25) is 0 Å². The van der Waals surface area contributed by atoms with Crippen molar-refractivity contribution in [2.75, 3.05) is 0 Å². The Kier molecular flexibility index (Phi) is 2.82. The lowest BCUT2D eigenvalue weighted by molar-refractivity contribution is 1.27. The molecule has 90 valence electrons. The Bertz CT molecular complexity index is 842. The average molecular weight is 263 g/mol. The van der Waals surface area contributed by atoms with Gasteiger partial charge in [-0.3, -0.25) is 0 Å². The van der Waals surface area contributed by atoms with E-state index in [-0.39, 0.29) is 0 Å². The fraction of sp³-hybridized carbons (Fsp3) is 0. The van der Waals surface area contributed by atoms with Crippen LogP contribution in [0.3, 0.4) is 0 Å². The fourth-order valence-corrected chi connectivity index (χ4v) is 2.20. The van der Waals surface area contributed by atoms with Crippen LogP contribution in [-0.2, 0) is 0 Å². The second-order valence-electron chi connectivity index (χ2n) is 4.12. The molecule has 19 heavy (non-hydrogen) atoms. The molecule has 0 saturated heterocycles. The van der Waals surface area contributed by atoms with Gasteiger partial charge >= 0.3 is 0 Å². The number of nitriles is 1. The topological polar surface area (TPSA) is 52.5 Å². The van der Waals surface area contributed by atoms with Gasteiger partial charge in [-0.2, -0.15) is 5.26 Å². The van der Waals surface area contributed by atoms with Crippen molar-refractivity contribution in [1.82, 2.24) is 9.97 Å². The molecule has 3 nitrogen and oxygen atoms in total. The van der Waals surface area contributed by atoms with E-state index in [0.29, 0.717) is 10.2 Å². The maximum absolute atomic E-state index is 8.80. The third-order valence-electron chi connectivity index (χ3n) is 2.89. The number of fused-ring (bicyclic) bond motifs is 1. The zero-order valence-corrected chi connectivity index (χ0v) is 10.7. The summed E-state index contributed by atoms with van der Waals surface area (Å²) in [5.41, 5.74) is 4.06. The van der Waals surface area contributed by atoms with Crippen LogP contribution in [0.15, 0.2) is 48.5 Å². The van der Waals surface area contributed by atoms with Gasteiger partial charge in [0.1, 0.15) is 10.3 Å². The Morgan fingerprint density at radius 1 is 1.05 bits per heavy atom. The largest absolute Gasteiger partial charge is 0.343 e. The Balaban J connectivity index is 2.21. The first-order valence-electron chi connectivity index (χ1n) is 5.77. The van der Waals surface area contributed by atoms with Crippen LogP contribution in [0.1, 0.15) is 5.56 Å². The van der Waals surface area contributed by atoms with Gasteiger partial charge in [0.2, 0.25) is 0 Å². The number of hydrogen-bond donors (Lipinski definition) is 1. The molecule has 1 aromatic heterocycles. The number of para-hydroxylation sites is 2. The lowest BCUT2D eigenvalue weighted by atomic mass is 10.1. The van der Waals surface area contributed by atoms with Crippen molar-refractivity contribution in [2.24, 2.45) is 0 Å². The number of rotatable bonds is 1. The van der Waals surface area contributed by atoms with Gasteiger partial charge in [-0.15, -0.1) is 0 Å². The molecule has 0 aliphatic carbocycles. The third kappa shape index (κ3) is 2.12. The van der Waals surface area contributed by atoms with Crippen LogP contribution in [-0.4, -0.2) is 9.97 Å². The van der Waals surface area contributed by atoms with Crippen LogP contribution in [0, 0.1) is 16.0 Å². The normalized spacial score (nSPS) is 10.3. The quantitative estimate of drug-likeness (QED) is 0.679. The fourth-order valence-electron chi connectivity index (χ4n) is 1.93. The van der Waals surface area contributed by atoms with Crippen LogP contribution >= 0.6 is 12.2 Å². The monoisotopic (exact) mass is 263 g/mol. The Labute approximate surface area is 115 Å². The van der Waals surface area contributed by atoms with Crippen molar-refractivity contribution >= 4 is 23.3 Å². The number of hydrogen-bond acceptors (Lipinski definition) is 3. The van der Waals surface area contributed by atoms with E-state index in [1.165, 1.54) is 0 Å². The van der Waals surface area contributed by atoms with E-state index in [1.807, 2.05) is 36.4 Å². The van der Waals surface area contributed by atoms with E-state index in [1.54, 1.807) is 12.1 Å². The predicted molar refractivity (Wildman–Crippen MR) is 77.1 cm³/mol. The van der Waals surface area contributed by atoms with Crippen molar-refractivity contribution in [2.45, 2.75) is 0 Å². The molecular formula is C15H9N3S. The molecule has 0 aliphatic rings. The third-order valence-corrected chi connectivity index (χ3v) is 3.18. The summed E-state index contributed by atoms with van der Waals surface area (Å²) in [4.78, 5) is 7.75. The molecule has 3 aromatic rings. The van der Waals surface area contributed by atoms with Crippen molar-refractivity contribution in [1.29, 1.82) is 5.26 Å². The number of H-pyrrole nitrogens is 1. The van der Waals surface area contributed by atoms with E-state index in [2.05, 4.69) is 16.0 Å². The summed E-state index contributed by atoms with van der Waals surface area (Å²) >= 11 is 5.34. The lowest BCUT2D eigenvalue weighted by Crippen LogP contribution is -1.90. The van der Waals surface area contributed by atoms with Crippen LogP contribution in [0.25, 0.3) is 22.3 Å². The second-order valence-corrected chi connectivity index (χ2v) is 4.53. The summed E-state index contributed by atoms with van der Waals surface area (Å²) in [7, 11) is 0. The number of nitrogens with zero attached hydrogens (tertiary/aromatic N) is 2. The Morgan fingerprint density at radius 2 is 1.79 bits per heavy atom. The molecule has 0 fully saturated rings. The predicted octanol–water partition coefficient (Wildman–Crippen LogP) is 3.83. The minimum Gasteiger partial charge on any atom is -0.343 e. The summed E-state index contributed by atoms with van der Waals surface area (Å²) in [6.45, 7) is 0. The maximum atomic E-state index is 8.80. The van der Waals surface area contributed by atoms with Gasteiger partial charge in [-0.1, -0.05) is 36.5 Å². The molecule has 0 spiro atoms. The zero-order chi connectivity index (χ0) is 13.2. The first-order valence-corrected chi connectivity index (χ1v) is 6.18. The summed E-state index contributed by atoms with van der Waals surface area (Å²) in [6.07, 6.45) is 0. The molecule has 0 radical (unpaired) electrons. The number of benzene rings is 2. The molecule has 0 aliphatic heterocycles. The van der Waals surface area contributed by atoms with Gasteiger partial charge in [-0.05, 0) is 24.3 Å². The second kappa shape index (κ2) is 4.63. The molecule has 0 unspecified atom stereocenters. The van der Waals surface area contributed by atoms with E-state index in [9.17, 15) is 0 Å². The lowest BCUT2D eigenvalue weighted by Gasteiger charge is -2.04. The number of aromatic nitrogens is 2. The van der Waals surface area contributed by atoms with E-state index in [4.69, 9.17) is 17.5 Å². The van der Waals surface area contributed by atoms with E-state index >= 15 is 0 Å². The molecule has 2 aromatic carbocycles. The number of nitrogens with one attached hydrogen (secondary N) is 1. The highest BCUT2D eigenvalue weighted by molar-refractivity contribution is 7.71. The molecule has 1 N–H and O–H groups in total. The van der Waals surface area contributed by atoms with Gasteiger partial charge in [0.15, 0.2) is 0 Å². The summed E-state index contributed by atoms with van der Waals surface area (Å²) < 4.78 is 0.600. The Hall–Kier alpha value is -2.51. The minimum atomic E-state index is 0.600. The van der Waals surface area contributed by atoms with Gasteiger partial charge in [0.25, 0.3) is 0 Å². The first-order chi connectivity index (χ1) is 9.28. The molecule has 0 atom stereocenters. The molecule has 1 heterocycles. The minimum absolute atomic E-state index is 0.600. The van der Waals surface area contributed by atoms with Gasteiger partial charge in [0, 0.05) is 5.56 Å². The highest BCUT2D eigenvalue weighted by Crippen LogP contribution is 2.21. The highest BCUT2D eigenvalue weighted by atomic mass is 32.1. The van der Waals surface area contributed by atoms with Crippen molar-refractivity contribution < 1.29 is 0 Å². The number of aromatic amines is 1.